The average Bonchev–Trinajstić information content (AvgIpc) is 2.11. The molecule has 0 aliphatic carbocycles. The van der Waals surface area contributed by atoms with Crippen LogP contribution >= 0.6 is 0 Å². The number of rotatable bonds is 1. The highest BCUT2D eigenvalue weighted by Crippen LogP contribution is 2.13. The molecule has 0 bridgehead atoms. The zero-order chi connectivity index (χ0) is 9.40. The molecule has 0 saturated carbocycles. The molecule has 1 fully saturated rings. The normalized spacial score (nSPS) is 20.0. The molecule has 0 aromatic carbocycles. The molecular formula is C11H25N. The van der Waals surface area contributed by atoms with Crippen LogP contribution in [0.1, 0.15) is 46.5 Å². The summed E-state index contributed by atoms with van der Waals surface area (Å²) in [5.41, 5.74) is 0. The first-order valence-corrected chi connectivity index (χ1v) is 5.39. The van der Waals surface area contributed by atoms with Gasteiger partial charge in [0.25, 0.3) is 0 Å². The molecule has 0 radical (unpaired) electrons. The third-order valence-electron chi connectivity index (χ3n) is 2.51. The average molecular weight is 171 g/mol. The van der Waals surface area contributed by atoms with E-state index in [2.05, 4.69) is 32.7 Å². The zero-order valence-corrected chi connectivity index (χ0v) is 9.27. The van der Waals surface area contributed by atoms with Gasteiger partial charge >= 0.3 is 0 Å². The second-order valence-corrected chi connectivity index (χ2v) is 3.99. The Kier molecular flexibility index (Phi) is 7.58. The smallest absolute Gasteiger partial charge is 0.00192 e. The van der Waals surface area contributed by atoms with Crippen molar-refractivity contribution >= 4 is 0 Å². The monoisotopic (exact) mass is 171 g/mol. The Labute approximate surface area is 78.1 Å². The van der Waals surface area contributed by atoms with Crippen molar-refractivity contribution in [2.24, 2.45) is 5.92 Å². The van der Waals surface area contributed by atoms with Gasteiger partial charge < -0.3 is 4.90 Å². The zero-order valence-electron chi connectivity index (χ0n) is 9.27. The Morgan fingerprint density at radius 3 is 1.75 bits per heavy atom. The number of hydrogen-bond acceptors (Lipinski definition) is 1. The van der Waals surface area contributed by atoms with Crippen LogP contribution in [0, 0.1) is 5.92 Å². The molecular weight excluding hydrogens is 146 g/mol. The summed E-state index contributed by atoms with van der Waals surface area (Å²) in [4.78, 5) is 2.40. The van der Waals surface area contributed by atoms with E-state index in [1.54, 1.807) is 0 Å². The van der Waals surface area contributed by atoms with Crippen LogP contribution in [0.5, 0.6) is 0 Å². The first-order chi connectivity index (χ1) is 5.70. The minimum absolute atomic E-state index is 0.978. The lowest BCUT2D eigenvalue weighted by Crippen LogP contribution is -2.28. The van der Waals surface area contributed by atoms with E-state index in [4.69, 9.17) is 0 Å². The molecule has 12 heavy (non-hydrogen) atoms. The maximum atomic E-state index is 2.40. The topological polar surface area (TPSA) is 3.24 Å². The maximum Gasteiger partial charge on any atom is -0.00192 e. The number of unbranched alkanes of at least 4 members (excludes halogenated alkanes) is 1. The van der Waals surface area contributed by atoms with Gasteiger partial charge in [-0.2, -0.15) is 0 Å². The van der Waals surface area contributed by atoms with Gasteiger partial charge in [-0.25, -0.2) is 0 Å². The molecule has 0 aromatic rings. The van der Waals surface area contributed by atoms with Gasteiger partial charge in [0.15, 0.2) is 0 Å². The summed E-state index contributed by atoms with van der Waals surface area (Å²) in [5, 5.41) is 0. The van der Waals surface area contributed by atoms with Gasteiger partial charge in [-0.3, -0.25) is 0 Å². The highest BCUT2D eigenvalue weighted by atomic mass is 15.1. The molecule has 1 heteroatoms. The molecule has 1 aliphatic heterocycles. The molecule has 0 atom stereocenters. The maximum absolute atomic E-state index is 2.40. The summed E-state index contributed by atoms with van der Waals surface area (Å²) in [6.07, 6.45) is 5.44. The molecule has 1 heterocycles. The second kappa shape index (κ2) is 7.60. The Bertz CT molecular complexity index is 71.0. The number of piperidine rings is 1. The molecule has 1 aliphatic rings. The van der Waals surface area contributed by atoms with Crippen LogP contribution in [0.4, 0.5) is 0 Å². The fourth-order valence-corrected chi connectivity index (χ4v) is 1.14. The van der Waals surface area contributed by atoms with Gasteiger partial charge in [0.2, 0.25) is 0 Å². The van der Waals surface area contributed by atoms with Crippen molar-refractivity contribution in [3.8, 4) is 0 Å². The summed E-state index contributed by atoms with van der Waals surface area (Å²) in [5.74, 6) is 0.978. The first kappa shape index (κ1) is 12.0. The van der Waals surface area contributed by atoms with Crippen LogP contribution in [-0.2, 0) is 0 Å². The van der Waals surface area contributed by atoms with E-state index >= 15 is 0 Å². The van der Waals surface area contributed by atoms with Gasteiger partial charge in [0, 0.05) is 0 Å². The number of likely N-dealkylation sites (tertiary alicyclic amines) is 1. The third-order valence-corrected chi connectivity index (χ3v) is 2.51. The van der Waals surface area contributed by atoms with E-state index in [1.165, 1.54) is 38.8 Å². The molecule has 0 aromatic heterocycles. The van der Waals surface area contributed by atoms with Crippen LogP contribution in [0.2, 0.25) is 0 Å². The molecule has 0 spiro atoms. The predicted molar refractivity (Wildman–Crippen MR) is 56.5 cm³/mol. The lowest BCUT2D eigenvalue weighted by Gasteiger charge is -2.26. The van der Waals surface area contributed by atoms with Crippen LogP contribution in [-0.4, -0.2) is 25.0 Å². The van der Waals surface area contributed by atoms with Gasteiger partial charge in [0.1, 0.15) is 0 Å². The van der Waals surface area contributed by atoms with Crippen molar-refractivity contribution in [3.63, 3.8) is 0 Å². The van der Waals surface area contributed by atoms with Crippen molar-refractivity contribution in [1.29, 1.82) is 0 Å². The highest BCUT2D eigenvalue weighted by Gasteiger charge is 2.10. The minimum atomic E-state index is 0.978. The molecule has 1 rings (SSSR count). The highest BCUT2D eigenvalue weighted by molar-refractivity contribution is 4.65. The van der Waals surface area contributed by atoms with Gasteiger partial charge in [-0.1, -0.05) is 33.6 Å². The first-order valence-electron chi connectivity index (χ1n) is 5.39. The van der Waals surface area contributed by atoms with Gasteiger partial charge in [-0.05, 0) is 38.9 Å². The second-order valence-electron chi connectivity index (χ2n) is 3.99. The molecule has 0 N–H and O–H groups in total. The number of hydrogen-bond donors (Lipinski definition) is 0. The largest absolute Gasteiger partial charge is 0.306 e. The fourth-order valence-electron chi connectivity index (χ4n) is 1.14. The Hall–Kier alpha value is -0.0400. The third kappa shape index (κ3) is 6.66. The van der Waals surface area contributed by atoms with Crippen molar-refractivity contribution in [3.05, 3.63) is 0 Å². The van der Waals surface area contributed by atoms with Gasteiger partial charge in [0.05, 0.1) is 0 Å². The van der Waals surface area contributed by atoms with E-state index in [0.717, 1.165) is 5.92 Å². The van der Waals surface area contributed by atoms with Crippen molar-refractivity contribution in [2.45, 2.75) is 46.5 Å². The lowest BCUT2D eigenvalue weighted by atomic mass is 10.00. The molecule has 0 unspecified atom stereocenters. The van der Waals surface area contributed by atoms with E-state index in [0.29, 0.717) is 0 Å². The van der Waals surface area contributed by atoms with Crippen LogP contribution < -0.4 is 0 Å². The quantitative estimate of drug-likeness (QED) is 0.586. The summed E-state index contributed by atoms with van der Waals surface area (Å²) in [6.45, 7) is 9.31. The van der Waals surface area contributed by atoms with Crippen molar-refractivity contribution in [2.75, 3.05) is 20.1 Å². The Balaban J connectivity index is 0.000000261. The SMILES string of the molecule is CC1CCN(C)CC1.CCCC. The fraction of sp³-hybridized carbons (Fsp3) is 1.00. The molecule has 1 nitrogen and oxygen atoms in total. The molecule has 1 saturated heterocycles. The van der Waals surface area contributed by atoms with E-state index in [-0.39, 0.29) is 0 Å². The minimum Gasteiger partial charge on any atom is -0.306 e. The summed E-state index contributed by atoms with van der Waals surface area (Å²) in [6, 6.07) is 0. The van der Waals surface area contributed by atoms with E-state index in [1.807, 2.05) is 0 Å². The van der Waals surface area contributed by atoms with Crippen LogP contribution in [0.15, 0.2) is 0 Å². The standard InChI is InChI=1S/C7H15N.C4H10/c1-7-3-5-8(2)6-4-7;1-3-4-2/h7H,3-6H2,1-2H3;3-4H2,1-2H3. The molecule has 74 valence electrons. The van der Waals surface area contributed by atoms with Crippen LogP contribution in [0.3, 0.4) is 0 Å². The predicted octanol–water partition coefficient (Wildman–Crippen LogP) is 3.15. The van der Waals surface area contributed by atoms with E-state index < -0.39 is 0 Å². The Morgan fingerprint density at radius 1 is 1.08 bits per heavy atom. The summed E-state index contributed by atoms with van der Waals surface area (Å²) >= 11 is 0. The van der Waals surface area contributed by atoms with Crippen molar-refractivity contribution in [1.82, 2.24) is 4.90 Å². The van der Waals surface area contributed by atoms with Crippen LogP contribution in [0.25, 0.3) is 0 Å². The summed E-state index contributed by atoms with van der Waals surface area (Å²) < 4.78 is 0. The Morgan fingerprint density at radius 2 is 1.50 bits per heavy atom. The lowest BCUT2D eigenvalue weighted by molar-refractivity contribution is 0.230. The van der Waals surface area contributed by atoms with E-state index in [9.17, 15) is 0 Å². The molecule has 0 amide bonds. The summed E-state index contributed by atoms with van der Waals surface area (Å²) in [7, 11) is 2.20. The number of nitrogens with zero attached hydrogens (tertiary/aromatic N) is 1. The van der Waals surface area contributed by atoms with Crippen molar-refractivity contribution < 1.29 is 0 Å². The van der Waals surface area contributed by atoms with Gasteiger partial charge in [-0.15, -0.1) is 0 Å².